The molecule has 17 heavy (non-hydrogen) atoms. The van der Waals surface area contributed by atoms with Gasteiger partial charge in [-0.05, 0) is 62.4 Å². The Morgan fingerprint density at radius 1 is 1.29 bits per heavy atom. The minimum absolute atomic E-state index is 0.896. The van der Waals surface area contributed by atoms with Crippen molar-refractivity contribution in [2.45, 2.75) is 39.7 Å². The Bertz CT molecular complexity index is 373. The summed E-state index contributed by atoms with van der Waals surface area (Å²) in [6, 6.07) is 6.42. The second-order valence-corrected chi connectivity index (χ2v) is 5.50. The van der Waals surface area contributed by atoms with Crippen LogP contribution in [-0.4, -0.2) is 18.0 Å². The molecule has 1 aliphatic heterocycles. The fraction of sp³-hybridized carbons (Fsp3) is 0.600. The molecule has 2 heteroatoms. The van der Waals surface area contributed by atoms with E-state index in [1.165, 1.54) is 43.5 Å². The third-order valence-corrected chi connectivity index (χ3v) is 3.85. The molecule has 1 aromatic rings. The normalized spacial score (nSPS) is 22.4. The van der Waals surface area contributed by atoms with Crippen molar-refractivity contribution in [2.75, 3.05) is 18.8 Å². The maximum absolute atomic E-state index is 5.85. The number of nitrogens with two attached hydrogens (primary N) is 1. The van der Waals surface area contributed by atoms with Crippen LogP contribution in [0.15, 0.2) is 18.2 Å². The SMILES string of the molecule is Cc1cc(CN2CCCC(C)CC2)ccc1N. The quantitative estimate of drug-likeness (QED) is 0.793. The van der Waals surface area contributed by atoms with Crippen molar-refractivity contribution in [1.29, 1.82) is 0 Å². The van der Waals surface area contributed by atoms with Gasteiger partial charge in [0.05, 0.1) is 0 Å². The van der Waals surface area contributed by atoms with E-state index in [1.54, 1.807) is 0 Å². The molecule has 0 bridgehead atoms. The summed E-state index contributed by atoms with van der Waals surface area (Å²) in [6.07, 6.45) is 4.07. The van der Waals surface area contributed by atoms with Crippen molar-refractivity contribution < 1.29 is 0 Å². The minimum Gasteiger partial charge on any atom is -0.399 e. The van der Waals surface area contributed by atoms with Crippen molar-refractivity contribution >= 4 is 5.69 Å². The number of hydrogen-bond donors (Lipinski definition) is 1. The van der Waals surface area contributed by atoms with Crippen LogP contribution in [-0.2, 0) is 6.54 Å². The Balaban J connectivity index is 1.97. The number of nitrogen functional groups attached to an aromatic ring is 1. The zero-order chi connectivity index (χ0) is 12.3. The highest BCUT2D eigenvalue weighted by Gasteiger charge is 2.13. The molecule has 94 valence electrons. The van der Waals surface area contributed by atoms with Crippen LogP contribution in [0.3, 0.4) is 0 Å². The maximum atomic E-state index is 5.85. The number of hydrogen-bond acceptors (Lipinski definition) is 2. The van der Waals surface area contributed by atoms with Crippen LogP contribution in [0.5, 0.6) is 0 Å². The highest BCUT2D eigenvalue weighted by Crippen LogP contribution is 2.19. The Labute approximate surface area is 105 Å². The summed E-state index contributed by atoms with van der Waals surface area (Å²) in [5.41, 5.74) is 9.35. The summed E-state index contributed by atoms with van der Waals surface area (Å²) in [4.78, 5) is 2.58. The van der Waals surface area contributed by atoms with E-state index in [0.717, 1.165) is 18.2 Å². The molecule has 0 spiro atoms. The van der Waals surface area contributed by atoms with Gasteiger partial charge in [0, 0.05) is 12.2 Å². The molecule has 0 aromatic heterocycles. The number of anilines is 1. The molecular weight excluding hydrogens is 208 g/mol. The molecule has 2 N–H and O–H groups in total. The van der Waals surface area contributed by atoms with Crippen LogP contribution in [0.25, 0.3) is 0 Å². The Morgan fingerprint density at radius 3 is 2.88 bits per heavy atom. The predicted octanol–water partition coefficient (Wildman–Crippen LogP) is 3.20. The first-order valence-corrected chi connectivity index (χ1v) is 6.72. The molecule has 1 aromatic carbocycles. The van der Waals surface area contributed by atoms with Gasteiger partial charge in [-0.15, -0.1) is 0 Å². The Hall–Kier alpha value is -1.02. The molecule has 1 aliphatic rings. The van der Waals surface area contributed by atoms with Crippen LogP contribution >= 0.6 is 0 Å². The van der Waals surface area contributed by atoms with E-state index >= 15 is 0 Å². The van der Waals surface area contributed by atoms with Crippen molar-refractivity contribution in [3.63, 3.8) is 0 Å². The highest BCUT2D eigenvalue weighted by molar-refractivity contribution is 5.47. The summed E-state index contributed by atoms with van der Waals surface area (Å²) in [7, 11) is 0. The standard InChI is InChI=1S/C15H24N2/c1-12-4-3-8-17(9-7-12)11-14-5-6-15(16)13(2)10-14/h5-6,10,12H,3-4,7-9,11,16H2,1-2H3. The van der Waals surface area contributed by atoms with Crippen molar-refractivity contribution in [1.82, 2.24) is 4.90 Å². The lowest BCUT2D eigenvalue weighted by Gasteiger charge is -2.20. The lowest BCUT2D eigenvalue weighted by atomic mass is 10.0. The van der Waals surface area contributed by atoms with Crippen molar-refractivity contribution in [3.05, 3.63) is 29.3 Å². The number of rotatable bonds is 2. The van der Waals surface area contributed by atoms with Gasteiger partial charge in [-0.2, -0.15) is 0 Å². The first kappa shape index (κ1) is 12.4. The smallest absolute Gasteiger partial charge is 0.0343 e. The molecule has 1 heterocycles. The van der Waals surface area contributed by atoms with E-state index in [4.69, 9.17) is 5.73 Å². The average molecular weight is 232 g/mol. The highest BCUT2D eigenvalue weighted by atomic mass is 15.1. The lowest BCUT2D eigenvalue weighted by Crippen LogP contribution is -2.24. The maximum Gasteiger partial charge on any atom is 0.0343 e. The first-order valence-electron chi connectivity index (χ1n) is 6.72. The van der Waals surface area contributed by atoms with Crippen molar-refractivity contribution in [3.8, 4) is 0 Å². The Morgan fingerprint density at radius 2 is 2.12 bits per heavy atom. The van der Waals surface area contributed by atoms with Gasteiger partial charge < -0.3 is 5.73 Å². The summed E-state index contributed by atoms with van der Waals surface area (Å²) in [6.45, 7) is 8.02. The van der Waals surface area contributed by atoms with Gasteiger partial charge in [-0.3, -0.25) is 4.90 Å². The number of benzene rings is 1. The molecule has 0 saturated carbocycles. The summed E-state index contributed by atoms with van der Waals surface area (Å²) in [5, 5.41) is 0. The molecule has 2 nitrogen and oxygen atoms in total. The van der Waals surface area contributed by atoms with Gasteiger partial charge in [0.25, 0.3) is 0 Å². The van der Waals surface area contributed by atoms with E-state index < -0.39 is 0 Å². The van der Waals surface area contributed by atoms with Gasteiger partial charge in [0.15, 0.2) is 0 Å². The largest absolute Gasteiger partial charge is 0.399 e. The number of nitrogens with zero attached hydrogens (tertiary/aromatic N) is 1. The monoisotopic (exact) mass is 232 g/mol. The first-order chi connectivity index (χ1) is 8.15. The summed E-state index contributed by atoms with van der Waals surface area (Å²) < 4.78 is 0. The molecule has 0 radical (unpaired) electrons. The molecule has 1 saturated heterocycles. The third kappa shape index (κ3) is 3.47. The van der Waals surface area contributed by atoms with Gasteiger partial charge in [-0.25, -0.2) is 0 Å². The molecule has 1 atom stereocenters. The average Bonchev–Trinajstić information content (AvgIpc) is 2.49. The fourth-order valence-electron chi connectivity index (χ4n) is 2.57. The Kier molecular flexibility index (Phi) is 4.06. The second kappa shape index (κ2) is 5.54. The molecule has 2 rings (SSSR count). The van der Waals surface area contributed by atoms with Crippen LogP contribution in [0.1, 0.15) is 37.3 Å². The number of likely N-dealkylation sites (tertiary alicyclic amines) is 1. The van der Waals surface area contributed by atoms with Crippen LogP contribution in [0, 0.1) is 12.8 Å². The summed E-state index contributed by atoms with van der Waals surface area (Å²) >= 11 is 0. The van der Waals surface area contributed by atoms with E-state index in [-0.39, 0.29) is 0 Å². The molecule has 0 aliphatic carbocycles. The third-order valence-electron chi connectivity index (χ3n) is 3.85. The van der Waals surface area contributed by atoms with Gasteiger partial charge in [-0.1, -0.05) is 19.1 Å². The minimum atomic E-state index is 0.896. The van der Waals surface area contributed by atoms with Gasteiger partial charge in [0.2, 0.25) is 0 Å². The topological polar surface area (TPSA) is 29.3 Å². The van der Waals surface area contributed by atoms with Crippen molar-refractivity contribution in [2.24, 2.45) is 5.92 Å². The molecule has 1 unspecified atom stereocenters. The fourth-order valence-corrected chi connectivity index (χ4v) is 2.57. The predicted molar refractivity (Wildman–Crippen MR) is 73.9 cm³/mol. The molecule has 0 amide bonds. The van der Waals surface area contributed by atoms with E-state index in [1.807, 2.05) is 6.07 Å². The summed E-state index contributed by atoms with van der Waals surface area (Å²) in [5.74, 6) is 0.896. The molecule has 1 fully saturated rings. The second-order valence-electron chi connectivity index (χ2n) is 5.50. The van der Waals surface area contributed by atoms with E-state index in [9.17, 15) is 0 Å². The van der Waals surface area contributed by atoms with Crippen LogP contribution in [0.2, 0.25) is 0 Å². The zero-order valence-corrected chi connectivity index (χ0v) is 11.1. The van der Waals surface area contributed by atoms with Crippen LogP contribution < -0.4 is 5.73 Å². The van der Waals surface area contributed by atoms with Gasteiger partial charge in [0.1, 0.15) is 0 Å². The lowest BCUT2D eigenvalue weighted by molar-refractivity contribution is 0.273. The molecular formula is C15H24N2. The number of aryl methyl sites for hydroxylation is 1. The van der Waals surface area contributed by atoms with Crippen LogP contribution in [0.4, 0.5) is 5.69 Å². The van der Waals surface area contributed by atoms with E-state index in [0.29, 0.717) is 0 Å². The van der Waals surface area contributed by atoms with E-state index in [2.05, 4.69) is 30.9 Å². The van der Waals surface area contributed by atoms with Gasteiger partial charge >= 0.3 is 0 Å². The zero-order valence-electron chi connectivity index (χ0n) is 11.1.